The Bertz CT molecular complexity index is 373. The number of nitrogens with zero attached hydrogens (tertiary/aromatic N) is 1. The maximum atomic E-state index is 12.7. The summed E-state index contributed by atoms with van der Waals surface area (Å²) in [6.07, 6.45) is 10.6. The summed E-state index contributed by atoms with van der Waals surface area (Å²) >= 11 is 3.57. The first kappa shape index (κ1) is 13.6. The molecule has 0 aromatic rings. The smallest absolute Gasteiger partial charge is 0.223 e. The Morgan fingerprint density at radius 1 is 1.10 bits per heavy atom. The lowest BCUT2D eigenvalue weighted by atomic mass is 9.49. The number of alkyl halides is 1. The third-order valence-corrected chi connectivity index (χ3v) is 7.46. The van der Waals surface area contributed by atoms with Crippen LogP contribution in [-0.4, -0.2) is 29.2 Å². The molecular weight excluding hydrogens is 314 g/mol. The first-order valence-corrected chi connectivity index (χ1v) is 9.62. The minimum absolute atomic E-state index is 0.415. The fourth-order valence-corrected chi connectivity index (χ4v) is 6.65. The zero-order valence-electron chi connectivity index (χ0n) is 12.3. The van der Waals surface area contributed by atoms with Crippen molar-refractivity contribution in [2.75, 3.05) is 18.4 Å². The number of hydrogen-bond donors (Lipinski definition) is 0. The number of carbonyl (C=O) groups is 1. The van der Waals surface area contributed by atoms with Crippen molar-refractivity contribution in [2.24, 2.45) is 29.1 Å². The van der Waals surface area contributed by atoms with Crippen LogP contribution in [0, 0.1) is 29.1 Å². The van der Waals surface area contributed by atoms with E-state index < -0.39 is 0 Å². The zero-order valence-corrected chi connectivity index (χ0v) is 13.9. The highest BCUT2D eigenvalue weighted by atomic mass is 79.9. The average molecular weight is 340 g/mol. The summed E-state index contributed by atoms with van der Waals surface area (Å²) in [5.74, 6) is 4.04. The summed E-state index contributed by atoms with van der Waals surface area (Å²) < 4.78 is 0. The third kappa shape index (κ3) is 2.34. The number of carbonyl (C=O) groups excluding carboxylic acids is 1. The Labute approximate surface area is 130 Å². The molecule has 0 aromatic heterocycles. The molecule has 0 N–H and O–H groups in total. The van der Waals surface area contributed by atoms with E-state index in [0.29, 0.717) is 17.2 Å². The van der Waals surface area contributed by atoms with Crippen LogP contribution >= 0.6 is 15.9 Å². The maximum absolute atomic E-state index is 12.7. The van der Waals surface area contributed by atoms with Gasteiger partial charge >= 0.3 is 0 Å². The molecule has 1 unspecified atom stereocenters. The molecule has 1 aliphatic heterocycles. The van der Waals surface area contributed by atoms with Crippen molar-refractivity contribution in [3.63, 3.8) is 0 Å². The Morgan fingerprint density at radius 2 is 1.70 bits per heavy atom. The van der Waals surface area contributed by atoms with Crippen molar-refractivity contribution in [3.8, 4) is 0 Å². The fourth-order valence-electron chi connectivity index (χ4n) is 6.12. The second-order valence-electron chi connectivity index (χ2n) is 8.24. The summed E-state index contributed by atoms with van der Waals surface area (Å²) in [5, 5.41) is 1.05. The van der Waals surface area contributed by atoms with Gasteiger partial charge in [-0.2, -0.15) is 0 Å². The van der Waals surface area contributed by atoms with Crippen molar-refractivity contribution < 1.29 is 4.79 Å². The largest absolute Gasteiger partial charge is 0.342 e. The van der Waals surface area contributed by atoms with Crippen LogP contribution in [0.1, 0.15) is 51.4 Å². The molecule has 0 aromatic carbocycles. The van der Waals surface area contributed by atoms with Crippen LogP contribution < -0.4 is 0 Å². The molecule has 1 heterocycles. The van der Waals surface area contributed by atoms with Gasteiger partial charge in [0.25, 0.3) is 0 Å². The van der Waals surface area contributed by atoms with E-state index in [2.05, 4.69) is 20.8 Å². The number of hydrogen-bond acceptors (Lipinski definition) is 1. The second-order valence-corrected chi connectivity index (χ2v) is 8.89. The first-order chi connectivity index (χ1) is 9.66. The molecule has 0 spiro atoms. The SMILES string of the molecule is O=C(CC12CC3CC(CC(C3)C1)C2)N1CCC(CBr)C1. The second kappa shape index (κ2) is 5.00. The van der Waals surface area contributed by atoms with Crippen LogP contribution in [0.25, 0.3) is 0 Å². The Morgan fingerprint density at radius 3 is 2.20 bits per heavy atom. The van der Waals surface area contributed by atoms with Gasteiger partial charge in [-0.25, -0.2) is 0 Å². The van der Waals surface area contributed by atoms with Crippen LogP contribution in [0.15, 0.2) is 0 Å². The van der Waals surface area contributed by atoms with E-state index in [9.17, 15) is 4.79 Å². The van der Waals surface area contributed by atoms with Crippen molar-refractivity contribution in [1.29, 1.82) is 0 Å². The van der Waals surface area contributed by atoms with Gasteiger partial charge in [-0.15, -0.1) is 0 Å². The van der Waals surface area contributed by atoms with Crippen molar-refractivity contribution in [3.05, 3.63) is 0 Å². The minimum atomic E-state index is 0.415. The number of rotatable bonds is 3. The first-order valence-electron chi connectivity index (χ1n) is 8.49. The van der Waals surface area contributed by atoms with E-state index in [-0.39, 0.29) is 0 Å². The molecule has 3 heteroatoms. The van der Waals surface area contributed by atoms with E-state index in [1.807, 2.05) is 0 Å². The van der Waals surface area contributed by atoms with Crippen molar-refractivity contribution in [2.45, 2.75) is 51.4 Å². The van der Waals surface area contributed by atoms with Gasteiger partial charge < -0.3 is 4.90 Å². The summed E-state index contributed by atoms with van der Waals surface area (Å²) in [4.78, 5) is 14.9. The van der Waals surface area contributed by atoms with Gasteiger partial charge in [-0.1, -0.05) is 15.9 Å². The molecule has 20 heavy (non-hydrogen) atoms. The lowest BCUT2D eigenvalue weighted by Gasteiger charge is -2.56. The minimum Gasteiger partial charge on any atom is -0.342 e. The van der Waals surface area contributed by atoms with Crippen molar-refractivity contribution >= 4 is 21.8 Å². The number of halogens is 1. The van der Waals surface area contributed by atoms with Gasteiger partial charge in [0, 0.05) is 24.8 Å². The van der Waals surface area contributed by atoms with E-state index in [4.69, 9.17) is 0 Å². The molecule has 1 amide bonds. The number of likely N-dealkylation sites (tertiary alicyclic amines) is 1. The molecule has 112 valence electrons. The highest BCUT2D eigenvalue weighted by Crippen LogP contribution is 2.61. The predicted octanol–water partition coefficient (Wildman–Crippen LogP) is 3.84. The lowest BCUT2D eigenvalue weighted by Crippen LogP contribution is -2.48. The monoisotopic (exact) mass is 339 g/mol. The molecule has 5 rings (SSSR count). The molecule has 4 saturated carbocycles. The maximum Gasteiger partial charge on any atom is 0.223 e. The lowest BCUT2D eigenvalue weighted by molar-refractivity contribution is -0.138. The quantitative estimate of drug-likeness (QED) is 0.715. The van der Waals surface area contributed by atoms with Crippen LogP contribution in [0.2, 0.25) is 0 Å². The van der Waals surface area contributed by atoms with E-state index in [1.165, 1.54) is 44.9 Å². The average Bonchev–Trinajstić information content (AvgIpc) is 2.85. The summed E-state index contributed by atoms with van der Waals surface area (Å²) in [5.41, 5.74) is 0.415. The van der Waals surface area contributed by atoms with Gasteiger partial charge in [0.2, 0.25) is 5.91 Å². The van der Waals surface area contributed by atoms with Gasteiger partial charge in [0.1, 0.15) is 0 Å². The van der Waals surface area contributed by atoms with E-state index in [1.54, 1.807) is 0 Å². The van der Waals surface area contributed by atoms with Gasteiger partial charge in [0.15, 0.2) is 0 Å². The summed E-state index contributed by atoms with van der Waals surface area (Å²) in [7, 11) is 0. The standard InChI is InChI=1S/C17H26BrNO/c18-10-12-1-2-19(11-12)16(20)9-17-6-13-3-14(7-17)5-15(4-13)8-17/h12-15H,1-11H2. The molecule has 5 fully saturated rings. The normalized spacial score (nSPS) is 46.1. The molecule has 1 saturated heterocycles. The Balaban J connectivity index is 1.42. The van der Waals surface area contributed by atoms with Crippen LogP contribution in [0.5, 0.6) is 0 Å². The molecule has 1 atom stereocenters. The number of amides is 1. The van der Waals surface area contributed by atoms with Crippen molar-refractivity contribution in [1.82, 2.24) is 4.90 Å². The molecular formula is C17H26BrNO. The molecule has 0 radical (unpaired) electrons. The van der Waals surface area contributed by atoms with Crippen LogP contribution in [0.3, 0.4) is 0 Å². The molecule has 5 aliphatic rings. The van der Waals surface area contributed by atoms with Crippen LogP contribution in [0.4, 0.5) is 0 Å². The van der Waals surface area contributed by atoms with Gasteiger partial charge in [-0.3, -0.25) is 4.79 Å². The topological polar surface area (TPSA) is 20.3 Å². The summed E-state index contributed by atoms with van der Waals surface area (Å²) in [6.45, 7) is 2.00. The van der Waals surface area contributed by atoms with E-state index in [0.717, 1.165) is 42.6 Å². The van der Waals surface area contributed by atoms with Crippen LogP contribution in [-0.2, 0) is 4.79 Å². The zero-order chi connectivity index (χ0) is 13.7. The summed E-state index contributed by atoms with van der Waals surface area (Å²) in [6, 6.07) is 0. The highest BCUT2D eigenvalue weighted by Gasteiger charge is 2.51. The van der Waals surface area contributed by atoms with E-state index >= 15 is 0 Å². The molecule has 4 bridgehead atoms. The molecule has 2 nitrogen and oxygen atoms in total. The Hall–Kier alpha value is -0.0500. The van der Waals surface area contributed by atoms with Gasteiger partial charge in [0.05, 0.1) is 0 Å². The Kier molecular flexibility index (Phi) is 3.40. The fraction of sp³-hybridized carbons (Fsp3) is 0.941. The van der Waals surface area contributed by atoms with Gasteiger partial charge in [-0.05, 0) is 74.0 Å². The third-order valence-electron chi connectivity index (χ3n) is 6.55. The predicted molar refractivity (Wildman–Crippen MR) is 83.7 cm³/mol. The highest BCUT2D eigenvalue weighted by molar-refractivity contribution is 9.09. The molecule has 4 aliphatic carbocycles.